The predicted molar refractivity (Wildman–Crippen MR) is 87.7 cm³/mol. The third-order valence-corrected chi connectivity index (χ3v) is 4.35. The number of carbonyl (C=O) groups is 1. The van der Waals surface area contributed by atoms with Gasteiger partial charge in [-0.3, -0.25) is 4.79 Å². The fraction of sp³-hybridized carbons (Fsp3) is 0.571. The van der Waals surface area contributed by atoms with Crippen LogP contribution in [0.25, 0.3) is 0 Å². The summed E-state index contributed by atoms with van der Waals surface area (Å²) < 4.78 is 31.7. The normalized spacial score (nSPS) is 11.3. The Bertz CT molecular complexity index is 605. The molecule has 0 aromatic carbocycles. The molecule has 0 radical (unpaired) electrons. The summed E-state index contributed by atoms with van der Waals surface area (Å²) in [6.07, 6.45) is 1.46. The number of rotatable bonds is 10. The molecule has 0 fully saturated rings. The number of pyridine rings is 1. The maximum Gasteiger partial charge on any atom is 0.258 e. The lowest BCUT2D eigenvalue weighted by atomic mass is 10.3. The van der Waals surface area contributed by atoms with Crippen LogP contribution in [0.1, 0.15) is 12.8 Å². The van der Waals surface area contributed by atoms with Crippen LogP contribution in [0.5, 0.6) is 0 Å². The maximum atomic E-state index is 12.2. The number of amides is 1. The molecular weight excluding hydrogens is 320 g/mol. The van der Waals surface area contributed by atoms with Gasteiger partial charge in [0, 0.05) is 34.4 Å². The molecule has 1 amide bonds. The highest BCUT2D eigenvalue weighted by Crippen LogP contribution is 2.10. The predicted octanol–water partition coefficient (Wildman–Crippen LogP) is 0.287. The van der Waals surface area contributed by atoms with Crippen LogP contribution in [-0.2, 0) is 19.6 Å². The van der Waals surface area contributed by atoms with Crippen molar-refractivity contribution in [2.24, 2.45) is 0 Å². The molecule has 0 aliphatic rings. The van der Waals surface area contributed by atoms with E-state index < -0.39 is 10.0 Å². The summed E-state index contributed by atoms with van der Waals surface area (Å²) in [6, 6.07) is 4.60. The van der Waals surface area contributed by atoms with Crippen molar-refractivity contribution in [3.05, 3.63) is 18.2 Å². The van der Waals surface area contributed by atoms with Crippen molar-refractivity contribution in [2.75, 3.05) is 46.2 Å². The topological polar surface area (TPSA) is 101 Å². The summed E-state index contributed by atoms with van der Waals surface area (Å²) in [6.45, 7) is 0.970. The lowest BCUT2D eigenvalue weighted by molar-refractivity contribution is -0.126. The van der Waals surface area contributed by atoms with Gasteiger partial charge in [-0.05, 0) is 25.0 Å². The van der Waals surface area contributed by atoms with E-state index in [2.05, 4.69) is 15.0 Å². The van der Waals surface area contributed by atoms with E-state index in [1.165, 1.54) is 11.0 Å². The van der Waals surface area contributed by atoms with Gasteiger partial charge in [0.1, 0.15) is 5.82 Å². The van der Waals surface area contributed by atoms with E-state index >= 15 is 0 Å². The summed E-state index contributed by atoms with van der Waals surface area (Å²) in [4.78, 5) is 17.0. The molecule has 130 valence electrons. The molecule has 0 bridgehead atoms. The zero-order valence-electron chi connectivity index (χ0n) is 13.7. The minimum absolute atomic E-state index is 0.0496. The first-order valence-corrected chi connectivity index (χ1v) is 8.75. The van der Waals surface area contributed by atoms with Crippen LogP contribution in [0.2, 0.25) is 0 Å². The molecule has 1 heterocycles. The number of nitrogens with zero attached hydrogens (tertiary/aromatic N) is 2. The van der Waals surface area contributed by atoms with Crippen LogP contribution in [0.4, 0.5) is 5.82 Å². The number of sulfonamides is 1. The van der Waals surface area contributed by atoms with E-state index in [9.17, 15) is 13.2 Å². The number of likely N-dealkylation sites (N-methyl/N-ethyl adjacent to an activating group) is 1. The number of aromatic nitrogens is 1. The second-order valence-corrected chi connectivity index (χ2v) is 6.81. The molecule has 0 aliphatic carbocycles. The van der Waals surface area contributed by atoms with Crippen molar-refractivity contribution < 1.29 is 17.9 Å². The Balaban J connectivity index is 2.62. The first-order valence-electron chi connectivity index (χ1n) is 7.26. The highest BCUT2D eigenvalue weighted by atomic mass is 32.2. The smallest absolute Gasteiger partial charge is 0.258 e. The quantitative estimate of drug-likeness (QED) is 0.592. The third kappa shape index (κ3) is 6.93. The van der Waals surface area contributed by atoms with Crippen LogP contribution >= 0.6 is 0 Å². The largest absolute Gasteiger partial charge is 0.385 e. The average molecular weight is 344 g/mol. The van der Waals surface area contributed by atoms with E-state index in [0.717, 1.165) is 6.42 Å². The number of hydrogen-bond donors (Lipinski definition) is 2. The van der Waals surface area contributed by atoms with Crippen LogP contribution in [0.15, 0.2) is 23.2 Å². The van der Waals surface area contributed by atoms with Gasteiger partial charge in [-0.2, -0.15) is 0 Å². The van der Waals surface area contributed by atoms with E-state index in [1.807, 2.05) is 0 Å². The highest BCUT2D eigenvalue weighted by Gasteiger charge is 2.15. The fourth-order valence-corrected chi connectivity index (χ4v) is 2.68. The first-order chi connectivity index (χ1) is 10.9. The molecule has 0 saturated heterocycles. The molecule has 0 atom stereocenters. The molecule has 9 heteroatoms. The second kappa shape index (κ2) is 9.43. The monoisotopic (exact) mass is 344 g/mol. The van der Waals surface area contributed by atoms with Gasteiger partial charge in [0.15, 0.2) is 5.03 Å². The summed E-state index contributed by atoms with van der Waals surface area (Å²) in [5.74, 6) is 0.207. The molecule has 2 N–H and O–H groups in total. The summed E-state index contributed by atoms with van der Waals surface area (Å²) in [5, 5.41) is 2.73. The van der Waals surface area contributed by atoms with Crippen LogP contribution in [0, 0.1) is 0 Å². The van der Waals surface area contributed by atoms with Gasteiger partial charge in [0.05, 0.1) is 6.54 Å². The van der Waals surface area contributed by atoms with Gasteiger partial charge in [0.25, 0.3) is 10.0 Å². The van der Waals surface area contributed by atoms with Gasteiger partial charge in [0.2, 0.25) is 5.91 Å². The molecule has 8 nitrogen and oxygen atoms in total. The van der Waals surface area contributed by atoms with E-state index in [-0.39, 0.29) is 17.5 Å². The van der Waals surface area contributed by atoms with Gasteiger partial charge < -0.3 is 15.0 Å². The molecule has 0 spiro atoms. The van der Waals surface area contributed by atoms with Gasteiger partial charge in [-0.1, -0.05) is 6.07 Å². The van der Waals surface area contributed by atoms with Gasteiger partial charge in [-0.25, -0.2) is 18.1 Å². The van der Waals surface area contributed by atoms with Crippen molar-refractivity contribution in [2.45, 2.75) is 17.9 Å². The van der Waals surface area contributed by atoms with Gasteiger partial charge >= 0.3 is 0 Å². The molecule has 0 unspecified atom stereocenters. The molecule has 23 heavy (non-hydrogen) atoms. The average Bonchev–Trinajstić information content (AvgIpc) is 2.52. The van der Waals surface area contributed by atoms with Gasteiger partial charge in [-0.15, -0.1) is 0 Å². The molecular formula is C14H24N4O4S. The number of carbonyl (C=O) groups excluding carboxylic acids is 1. The molecule has 1 aromatic rings. The Hall–Kier alpha value is -1.71. The number of methoxy groups -OCH3 is 1. The minimum Gasteiger partial charge on any atom is -0.385 e. The zero-order valence-corrected chi connectivity index (χ0v) is 14.5. The minimum atomic E-state index is -3.66. The Morgan fingerprint density at radius 3 is 2.70 bits per heavy atom. The number of anilines is 1. The Kier molecular flexibility index (Phi) is 7.93. The van der Waals surface area contributed by atoms with Crippen molar-refractivity contribution in [1.29, 1.82) is 0 Å². The van der Waals surface area contributed by atoms with Crippen molar-refractivity contribution >= 4 is 21.7 Å². The number of unbranched alkanes of at least 4 members (excludes halogenated alkanes) is 1. The van der Waals surface area contributed by atoms with Crippen LogP contribution < -0.4 is 10.0 Å². The lowest BCUT2D eigenvalue weighted by Crippen LogP contribution is -2.29. The molecule has 1 aromatic heterocycles. The third-order valence-electron chi connectivity index (χ3n) is 2.99. The Labute approximate surface area is 137 Å². The SMILES string of the molecule is COCCCCNS(=O)(=O)c1cccc(NCC(=O)N(C)C)n1. The van der Waals surface area contributed by atoms with E-state index in [1.54, 1.807) is 33.3 Å². The van der Waals surface area contributed by atoms with Crippen molar-refractivity contribution in [1.82, 2.24) is 14.6 Å². The van der Waals surface area contributed by atoms with E-state index in [0.29, 0.717) is 25.4 Å². The Morgan fingerprint density at radius 2 is 2.04 bits per heavy atom. The maximum absolute atomic E-state index is 12.2. The summed E-state index contributed by atoms with van der Waals surface area (Å²) in [5.41, 5.74) is 0. The molecule has 0 saturated carbocycles. The number of hydrogen-bond acceptors (Lipinski definition) is 6. The zero-order chi connectivity index (χ0) is 17.3. The molecule has 1 rings (SSSR count). The number of nitrogens with one attached hydrogen (secondary N) is 2. The van der Waals surface area contributed by atoms with Crippen molar-refractivity contribution in [3.8, 4) is 0 Å². The van der Waals surface area contributed by atoms with Crippen LogP contribution in [-0.4, -0.2) is 65.1 Å². The lowest BCUT2D eigenvalue weighted by Gasteiger charge is -2.12. The van der Waals surface area contributed by atoms with E-state index in [4.69, 9.17) is 4.74 Å². The molecule has 0 aliphatic heterocycles. The summed E-state index contributed by atoms with van der Waals surface area (Å²) in [7, 11) is 1.23. The summed E-state index contributed by atoms with van der Waals surface area (Å²) >= 11 is 0. The standard InChI is InChI=1S/C14H24N4O4S/c1-18(2)14(19)11-15-12-7-6-8-13(17-12)23(20,21)16-9-4-5-10-22-3/h6-8,16H,4-5,9-11H2,1-3H3,(H,15,17). The second-order valence-electron chi connectivity index (χ2n) is 5.10. The van der Waals surface area contributed by atoms with Crippen molar-refractivity contribution in [3.63, 3.8) is 0 Å². The number of ether oxygens (including phenoxy) is 1. The fourth-order valence-electron chi connectivity index (χ4n) is 1.64. The highest BCUT2D eigenvalue weighted by molar-refractivity contribution is 7.89. The first kappa shape index (κ1) is 19.3. The Morgan fingerprint density at radius 1 is 1.30 bits per heavy atom. The van der Waals surface area contributed by atoms with Crippen LogP contribution in [0.3, 0.4) is 0 Å².